The van der Waals surface area contributed by atoms with Gasteiger partial charge in [0.15, 0.2) is 0 Å². The lowest BCUT2D eigenvalue weighted by Crippen LogP contribution is -2.18. The van der Waals surface area contributed by atoms with Gasteiger partial charge in [-0.3, -0.25) is 0 Å². The van der Waals surface area contributed by atoms with Crippen molar-refractivity contribution in [3.8, 4) is 0 Å². The molecular weight excluding hydrogens is 122 g/mol. The van der Waals surface area contributed by atoms with Gasteiger partial charge in [-0.05, 0) is 24.8 Å². The summed E-state index contributed by atoms with van der Waals surface area (Å²) in [7, 11) is 0. The summed E-state index contributed by atoms with van der Waals surface area (Å²) in [6, 6.07) is 0.861. The molecule has 0 aromatic carbocycles. The van der Waals surface area contributed by atoms with Crippen LogP contribution in [0.25, 0.3) is 0 Å². The van der Waals surface area contributed by atoms with Gasteiger partial charge in [-0.15, -0.1) is 0 Å². The van der Waals surface area contributed by atoms with E-state index in [0.717, 1.165) is 24.4 Å². The minimum Gasteiger partial charge on any atom is -0.314 e. The number of nitrogens with one attached hydrogen (secondary N) is 1. The van der Waals surface area contributed by atoms with Gasteiger partial charge in [0, 0.05) is 6.04 Å². The average Bonchev–Trinajstić information content (AvgIpc) is 2.67. The summed E-state index contributed by atoms with van der Waals surface area (Å²) in [5.74, 6) is 1.92. The molecule has 1 heteroatoms. The van der Waals surface area contributed by atoms with Crippen molar-refractivity contribution in [2.45, 2.75) is 39.7 Å². The predicted molar refractivity (Wildman–Crippen MR) is 45.0 cm³/mol. The molecule has 3 atom stereocenters. The van der Waals surface area contributed by atoms with E-state index in [2.05, 4.69) is 26.1 Å². The van der Waals surface area contributed by atoms with E-state index in [1.54, 1.807) is 0 Å². The first-order valence-electron chi connectivity index (χ1n) is 4.53. The molecule has 1 rings (SSSR count). The maximum absolute atomic E-state index is 3.48. The Morgan fingerprint density at radius 1 is 1.50 bits per heavy atom. The summed E-state index contributed by atoms with van der Waals surface area (Å²) in [5, 5.41) is 3.48. The van der Waals surface area contributed by atoms with Crippen molar-refractivity contribution in [1.82, 2.24) is 5.32 Å². The van der Waals surface area contributed by atoms with E-state index in [4.69, 9.17) is 0 Å². The molecule has 0 heterocycles. The highest BCUT2D eigenvalue weighted by Crippen LogP contribution is 2.38. The van der Waals surface area contributed by atoms with Crippen molar-refractivity contribution < 1.29 is 0 Å². The normalized spacial score (nSPS) is 33.9. The van der Waals surface area contributed by atoms with E-state index in [0.29, 0.717) is 0 Å². The molecule has 1 fully saturated rings. The van der Waals surface area contributed by atoms with Gasteiger partial charge in [0.1, 0.15) is 0 Å². The molecule has 10 heavy (non-hydrogen) atoms. The van der Waals surface area contributed by atoms with Gasteiger partial charge in [0.2, 0.25) is 0 Å². The van der Waals surface area contributed by atoms with E-state index in [9.17, 15) is 0 Å². The first-order valence-corrected chi connectivity index (χ1v) is 4.53. The molecule has 1 nitrogen and oxygen atoms in total. The molecule has 1 aliphatic carbocycles. The molecule has 0 aliphatic heterocycles. The van der Waals surface area contributed by atoms with E-state index in [1.807, 2.05) is 0 Å². The predicted octanol–water partition coefficient (Wildman–Crippen LogP) is 2.03. The molecule has 1 saturated carbocycles. The van der Waals surface area contributed by atoms with Crippen LogP contribution in [-0.4, -0.2) is 12.6 Å². The second-order valence-corrected chi connectivity index (χ2v) is 3.45. The zero-order chi connectivity index (χ0) is 7.56. The summed E-state index contributed by atoms with van der Waals surface area (Å²) in [6.45, 7) is 7.97. The zero-order valence-electron chi connectivity index (χ0n) is 7.35. The fourth-order valence-electron chi connectivity index (χ4n) is 1.64. The van der Waals surface area contributed by atoms with Crippen LogP contribution in [0.4, 0.5) is 0 Å². The smallest absolute Gasteiger partial charge is 0.0102 e. The van der Waals surface area contributed by atoms with Crippen LogP contribution in [0.1, 0.15) is 33.6 Å². The zero-order valence-corrected chi connectivity index (χ0v) is 7.35. The quantitative estimate of drug-likeness (QED) is 0.631. The lowest BCUT2D eigenvalue weighted by Gasteiger charge is -2.06. The Morgan fingerprint density at radius 2 is 2.20 bits per heavy atom. The number of hydrogen-bond donors (Lipinski definition) is 1. The Balaban J connectivity index is 2.12. The number of rotatable bonds is 4. The van der Waals surface area contributed by atoms with Gasteiger partial charge in [-0.1, -0.05) is 27.2 Å². The van der Waals surface area contributed by atoms with Crippen molar-refractivity contribution >= 4 is 0 Å². The summed E-state index contributed by atoms with van der Waals surface area (Å²) in [6.07, 6.45) is 2.76. The average molecular weight is 141 g/mol. The molecule has 0 radical (unpaired) electrons. The van der Waals surface area contributed by atoms with Gasteiger partial charge in [0.05, 0.1) is 0 Å². The van der Waals surface area contributed by atoms with Crippen molar-refractivity contribution in [1.29, 1.82) is 0 Å². The molecule has 0 aromatic heterocycles. The van der Waals surface area contributed by atoms with Crippen molar-refractivity contribution in [2.75, 3.05) is 6.54 Å². The first kappa shape index (κ1) is 8.06. The van der Waals surface area contributed by atoms with Gasteiger partial charge >= 0.3 is 0 Å². The Labute approximate surface area is 64.2 Å². The molecule has 0 spiro atoms. The van der Waals surface area contributed by atoms with Crippen LogP contribution >= 0.6 is 0 Å². The van der Waals surface area contributed by atoms with Crippen LogP contribution < -0.4 is 5.32 Å². The third-order valence-corrected chi connectivity index (χ3v) is 2.68. The summed E-state index contributed by atoms with van der Waals surface area (Å²) in [4.78, 5) is 0. The summed E-state index contributed by atoms with van der Waals surface area (Å²) >= 11 is 0. The largest absolute Gasteiger partial charge is 0.314 e. The summed E-state index contributed by atoms with van der Waals surface area (Å²) in [5.41, 5.74) is 0. The minimum absolute atomic E-state index is 0.861. The molecule has 60 valence electrons. The molecular formula is C9H19N. The molecule has 3 unspecified atom stereocenters. The first-order chi connectivity index (χ1) is 4.79. The van der Waals surface area contributed by atoms with E-state index in [1.165, 1.54) is 12.8 Å². The van der Waals surface area contributed by atoms with Crippen LogP contribution in [0.5, 0.6) is 0 Å². The molecule has 0 bridgehead atoms. The maximum Gasteiger partial charge on any atom is 0.0102 e. The fourth-order valence-corrected chi connectivity index (χ4v) is 1.64. The van der Waals surface area contributed by atoms with Gasteiger partial charge in [-0.2, -0.15) is 0 Å². The van der Waals surface area contributed by atoms with Crippen LogP contribution in [0.3, 0.4) is 0 Å². The molecule has 1 N–H and O–H groups in total. The van der Waals surface area contributed by atoms with Gasteiger partial charge < -0.3 is 5.32 Å². The monoisotopic (exact) mass is 141 g/mol. The van der Waals surface area contributed by atoms with E-state index in [-0.39, 0.29) is 0 Å². The Bertz CT molecular complexity index is 101. The highest BCUT2D eigenvalue weighted by atomic mass is 15.0. The second kappa shape index (κ2) is 3.38. The highest BCUT2D eigenvalue weighted by Gasteiger charge is 2.39. The molecule has 0 amide bonds. The molecule has 0 aromatic rings. The lowest BCUT2D eigenvalue weighted by atomic mass is 10.0. The second-order valence-electron chi connectivity index (χ2n) is 3.45. The Kier molecular flexibility index (Phi) is 2.72. The van der Waals surface area contributed by atoms with Crippen LogP contribution in [0.15, 0.2) is 0 Å². The van der Waals surface area contributed by atoms with Gasteiger partial charge in [-0.25, -0.2) is 0 Å². The van der Waals surface area contributed by atoms with Crippen molar-refractivity contribution in [2.24, 2.45) is 11.8 Å². The van der Waals surface area contributed by atoms with E-state index >= 15 is 0 Å². The van der Waals surface area contributed by atoms with Gasteiger partial charge in [0.25, 0.3) is 0 Å². The fraction of sp³-hybridized carbons (Fsp3) is 1.00. The lowest BCUT2D eigenvalue weighted by molar-refractivity contribution is 0.463. The topological polar surface area (TPSA) is 12.0 Å². The minimum atomic E-state index is 0.861. The van der Waals surface area contributed by atoms with Crippen LogP contribution in [0, 0.1) is 11.8 Å². The van der Waals surface area contributed by atoms with Crippen molar-refractivity contribution in [3.63, 3.8) is 0 Å². The summed E-state index contributed by atoms with van der Waals surface area (Å²) < 4.78 is 0. The van der Waals surface area contributed by atoms with Crippen LogP contribution in [0.2, 0.25) is 0 Å². The standard InChI is InChI=1S/C9H19N/c1-4-7(3)8-6-9(8)10-5-2/h7-10H,4-6H2,1-3H3. The SMILES string of the molecule is CCNC1CC1C(C)CC. The number of hydrogen-bond acceptors (Lipinski definition) is 1. The molecule has 0 saturated heterocycles. The van der Waals surface area contributed by atoms with Crippen LogP contribution in [-0.2, 0) is 0 Å². The van der Waals surface area contributed by atoms with E-state index < -0.39 is 0 Å². The van der Waals surface area contributed by atoms with Crippen molar-refractivity contribution in [3.05, 3.63) is 0 Å². The Hall–Kier alpha value is -0.0400. The highest BCUT2D eigenvalue weighted by molar-refractivity contribution is 4.95. The Morgan fingerprint density at radius 3 is 2.70 bits per heavy atom. The third-order valence-electron chi connectivity index (χ3n) is 2.68. The third kappa shape index (κ3) is 1.72. The maximum atomic E-state index is 3.48. The molecule has 1 aliphatic rings.